The molecule has 0 fully saturated rings. The van der Waals surface area contributed by atoms with Gasteiger partial charge in [0.1, 0.15) is 5.82 Å². The molecule has 6 heteroatoms. The Morgan fingerprint density at radius 3 is 2.50 bits per heavy atom. The van der Waals surface area contributed by atoms with Crippen molar-refractivity contribution in [2.75, 3.05) is 0 Å². The summed E-state index contributed by atoms with van der Waals surface area (Å²) in [7, 11) is 0. The van der Waals surface area contributed by atoms with E-state index in [-0.39, 0.29) is 16.7 Å². The molecule has 0 aliphatic rings. The van der Waals surface area contributed by atoms with Crippen LogP contribution in [0, 0.1) is 22.9 Å². The van der Waals surface area contributed by atoms with Crippen LogP contribution in [0.1, 0.15) is 5.56 Å². The van der Waals surface area contributed by atoms with Crippen LogP contribution in [0.4, 0.5) is 10.1 Å². The predicted octanol–water partition coefficient (Wildman–Crippen LogP) is 3.76. The topological polar surface area (TPSA) is 56.0 Å². The van der Waals surface area contributed by atoms with Crippen molar-refractivity contribution >= 4 is 17.3 Å². The number of nitro groups is 1. The molecule has 0 amide bonds. The van der Waals surface area contributed by atoms with Crippen LogP contribution in [0.5, 0.6) is 0 Å². The first-order chi connectivity index (χ1) is 8.50. The minimum absolute atomic E-state index is 0.150. The summed E-state index contributed by atoms with van der Waals surface area (Å²) in [6.45, 7) is 1.59. The Hall–Kier alpha value is -2.01. The van der Waals surface area contributed by atoms with Crippen molar-refractivity contribution in [1.29, 1.82) is 0 Å². The van der Waals surface area contributed by atoms with Crippen molar-refractivity contribution in [2.45, 2.75) is 6.92 Å². The number of benzene rings is 1. The van der Waals surface area contributed by atoms with Gasteiger partial charge in [-0.15, -0.1) is 0 Å². The first-order valence-electron chi connectivity index (χ1n) is 5.06. The Kier molecular flexibility index (Phi) is 3.25. The molecule has 0 spiro atoms. The highest BCUT2D eigenvalue weighted by molar-refractivity contribution is 6.31. The molecular weight excluding hydrogens is 259 g/mol. The maximum atomic E-state index is 12.8. The number of rotatable bonds is 2. The summed E-state index contributed by atoms with van der Waals surface area (Å²) in [6.07, 6.45) is 1.44. The Balaban J connectivity index is 2.62. The molecule has 0 atom stereocenters. The quantitative estimate of drug-likeness (QED) is 0.472. The van der Waals surface area contributed by atoms with Crippen LogP contribution < -0.4 is 0 Å². The second kappa shape index (κ2) is 4.70. The van der Waals surface area contributed by atoms with Crippen LogP contribution in [-0.4, -0.2) is 9.91 Å². The molecule has 1 aromatic carbocycles. The molecule has 0 unspecified atom stereocenters. The van der Waals surface area contributed by atoms with E-state index in [0.717, 1.165) is 0 Å². The number of aromatic nitrogens is 1. The summed E-state index contributed by atoms with van der Waals surface area (Å²) in [4.78, 5) is 14.1. The summed E-state index contributed by atoms with van der Waals surface area (Å²) in [5.41, 5.74) is 1.40. The fraction of sp³-hybridized carbons (Fsp3) is 0.0833. The normalized spacial score (nSPS) is 10.4. The van der Waals surface area contributed by atoms with E-state index in [2.05, 4.69) is 4.98 Å². The summed E-state index contributed by atoms with van der Waals surface area (Å²) < 4.78 is 12.8. The van der Waals surface area contributed by atoms with Crippen molar-refractivity contribution in [3.8, 4) is 11.1 Å². The van der Waals surface area contributed by atoms with Crippen LogP contribution in [0.25, 0.3) is 11.1 Å². The lowest BCUT2D eigenvalue weighted by Gasteiger charge is -2.06. The summed E-state index contributed by atoms with van der Waals surface area (Å²) in [5.74, 6) is -0.368. The summed E-state index contributed by atoms with van der Waals surface area (Å²) in [5, 5.41) is 10.8. The molecule has 1 aromatic heterocycles. The van der Waals surface area contributed by atoms with Gasteiger partial charge in [-0.25, -0.2) is 9.37 Å². The van der Waals surface area contributed by atoms with Crippen molar-refractivity contribution in [3.63, 3.8) is 0 Å². The smallest absolute Gasteiger partial charge is 0.258 e. The van der Waals surface area contributed by atoms with Crippen LogP contribution in [0.3, 0.4) is 0 Å². The second-order valence-corrected chi connectivity index (χ2v) is 4.06. The molecule has 0 saturated heterocycles. The number of nitrogens with zero attached hydrogens (tertiary/aromatic N) is 2. The maximum Gasteiger partial charge on any atom is 0.309 e. The summed E-state index contributed by atoms with van der Waals surface area (Å²) in [6, 6.07) is 5.65. The molecule has 2 rings (SSSR count). The van der Waals surface area contributed by atoms with Gasteiger partial charge < -0.3 is 0 Å². The van der Waals surface area contributed by atoms with Gasteiger partial charge in [-0.3, -0.25) is 10.1 Å². The van der Waals surface area contributed by atoms with Gasteiger partial charge in [0.05, 0.1) is 4.92 Å². The molecule has 18 heavy (non-hydrogen) atoms. The SMILES string of the molecule is Cc1c(-c2ccc(F)cc2)cnc(Cl)c1[N+](=O)[O-]. The molecule has 0 bridgehead atoms. The Labute approximate surface area is 107 Å². The lowest BCUT2D eigenvalue weighted by Crippen LogP contribution is -1.97. The van der Waals surface area contributed by atoms with Gasteiger partial charge in [-0.05, 0) is 24.6 Å². The van der Waals surface area contributed by atoms with E-state index in [0.29, 0.717) is 16.7 Å². The standard InChI is InChI=1S/C12H8ClFN2O2/c1-7-10(8-2-4-9(14)5-3-8)6-15-12(13)11(7)16(17)18/h2-6H,1H3. The lowest BCUT2D eigenvalue weighted by atomic mass is 10.0. The molecule has 0 aliphatic heterocycles. The maximum absolute atomic E-state index is 12.8. The lowest BCUT2D eigenvalue weighted by molar-refractivity contribution is -0.385. The van der Waals surface area contributed by atoms with Gasteiger partial charge >= 0.3 is 5.69 Å². The average molecular weight is 267 g/mol. The van der Waals surface area contributed by atoms with E-state index >= 15 is 0 Å². The minimum atomic E-state index is -0.572. The average Bonchev–Trinajstić information content (AvgIpc) is 2.30. The van der Waals surface area contributed by atoms with Crippen LogP contribution in [0.15, 0.2) is 30.5 Å². The minimum Gasteiger partial charge on any atom is -0.258 e. The predicted molar refractivity (Wildman–Crippen MR) is 66.0 cm³/mol. The van der Waals surface area contributed by atoms with Crippen molar-refractivity contribution in [1.82, 2.24) is 4.98 Å². The fourth-order valence-corrected chi connectivity index (χ4v) is 1.95. The van der Waals surface area contributed by atoms with E-state index in [9.17, 15) is 14.5 Å². The number of halogens is 2. The fourth-order valence-electron chi connectivity index (χ4n) is 1.69. The zero-order chi connectivity index (χ0) is 13.3. The van der Waals surface area contributed by atoms with E-state index < -0.39 is 4.92 Å². The molecule has 92 valence electrons. The molecule has 4 nitrogen and oxygen atoms in total. The van der Waals surface area contributed by atoms with Gasteiger partial charge in [0.25, 0.3) is 0 Å². The second-order valence-electron chi connectivity index (χ2n) is 3.70. The highest BCUT2D eigenvalue weighted by Crippen LogP contribution is 2.33. The molecule has 0 N–H and O–H groups in total. The Morgan fingerprint density at radius 2 is 1.94 bits per heavy atom. The Bertz CT molecular complexity index is 614. The first kappa shape index (κ1) is 12.4. The number of hydrogen-bond donors (Lipinski definition) is 0. The van der Waals surface area contributed by atoms with Crippen molar-refractivity contribution in [2.24, 2.45) is 0 Å². The third-order valence-corrected chi connectivity index (χ3v) is 2.88. The van der Waals surface area contributed by atoms with Gasteiger partial charge in [-0.2, -0.15) is 0 Å². The molecule has 0 saturated carbocycles. The third-order valence-electron chi connectivity index (χ3n) is 2.60. The third kappa shape index (κ3) is 2.17. The van der Waals surface area contributed by atoms with Gasteiger partial charge in [-0.1, -0.05) is 23.7 Å². The molecule has 0 radical (unpaired) electrons. The van der Waals surface area contributed by atoms with Crippen LogP contribution in [-0.2, 0) is 0 Å². The number of pyridine rings is 1. The van der Waals surface area contributed by atoms with Gasteiger partial charge in [0.2, 0.25) is 5.15 Å². The molecular formula is C12H8ClFN2O2. The number of hydrogen-bond acceptors (Lipinski definition) is 3. The Morgan fingerprint density at radius 1 is 1.33 bits per heavy atom. The highest BCUT2D eigenvalue weighted by atomic mass is 35.5. The van der Waals surface area contributed by atoms with Gasteiger partial charge in [0.15, 0.2) is 0 Å². The zero-order valence-corrected chi connectivity index (χ0v) is 10.1. The highest BCUT2D eigenvalue weighted by Gasteiger charge is 2.20. The van der Waals surface area contributed by atoms with E-state index in [1.165, 1.54) is 30.5 Å². The van der Waals surface area contributed by atoms with Crippen LogP contribution >= 0.6 is 11.6 Å². The first-order valence-corrected chi connectivity index (χ1v) is 5.44. The molecule has 1 heterocycles. The van der Waals surface area contributed by atoms with E-state index in [1.807, 2.05) is 0 Å². The van der Waals surface area contributed by atoms with E-state index in [4.69, 9.17) is 11.6 Å². The summed E-state index contributed by atoms with van der Waals surface area (Å²) >= 11 is 5.70. The van der Waals surface area contributed by atoms with Crippen molar-refractivity contribution in [3.05, 3.63) is 57.1 Å². The van der Waals surface area contributed by atoms with Gasteiger partial charge in [0, 0.05) is 17.3 Å². The monoisotopic (exact) mass is 266 g/mol. The molecule has 0 aliphatic carbocycles. The largest absolute Gasteiger partial charge is 0.309 e. The van der Waals surface area contributed by atoms with E-state index in [1.54, 1.807) is 6.92 Å². The van der Waals surface area contributed by atoms with Crippen molar-refractivity contribution < 1.29 is 9.31 Å². The van der Waals surface area contributed by atoms with Crippen LogP contribution in [0.2, 0.25) is 5.15 Å². The zero-order valence-electron chi connectivity index (χ0n) is 9.35. The molecule has 2 aromatic rings.